The van der Waals surface area contributed by atoms with E-state index in [9.17, 15) is 9.18 Å². The average molecular weight is 269 g/mol. The Labute approximate surface area is 110 Å². The first kappa shape index (κ1) is 13.4. The summed E-state index contributed by atoms with van der Waals surface area (Å²) in [6.07, 6.45) is 1.32. The van der Waals surface area contributed by atoms with Gasteiger partial charge in [0.1, 0.15) is 11.9 Å². The summed E-state index contributed by atoms with van der Waals surface area (Å²) in [5.74, 6) is -0.237. The van der Waals surface area contributed by atoms with Crippen molar-refractivity contribution < 1.29 is 14.3 Å². The third kappa shape index (κ3) is 3.23. The summed E-state index contributed by atoms with van der Waals surface area (Å²) in [5.41, 5.74) is 1.00. The van der Waals surface area contributed by atoms with Gasteiger partial charge in [0.25, 0.3) is 0 Å². The minimum absolute atomic E-state index is 0.253. The molecule has 0 bridgehead atoms. The van der Waals surface area contributed by atoms with E-state index in [1.54, 1.807) is 23.9 Å². The standard InChI is InChI=1S/C13H16FNO2S/c1-13(8-9-2-4-10(14)5-3-9)15-11(12(16)17)6-7-18-13/h2-5,11,15H,6-8H2,1H3,(H,16,17). The van der Waals surface area contributed by atoms with E-state index in [-0.39, 0.29) is 10.7 Å². The number of halogens is 1. The second-order valence-corrected chi connectivity index (χ2v) is 6.30. The fraction of sp³-hybridized carbons (Fsp3) is 0.462. The molecule has 2 atom stereocenters. The molecular weight excluding hydrogens is 253 g/mol. The predicted molar refractivity (Wildman–Crippen MR) is 70.1 cm³/mol. The van der Waals surface area contributed by atoms with Crippen molar-refractivity contribution in [3.8, 4) is 0 Å². The van der Waals surface area contributed by atoms with E-state index in [1.807, 2.05) is 6.92 Å². The first-order chi connectivity index (χ1) is 8.48. The Morgan fingerprint density at radius 1 is 1.56 bits per heavy atom. The maximum absolute atomic E-state index is 12.8. The lowest BCUT2D eigenvalue weighted by Gasteiger charge is -2.37. The van der Waals surface area contributed by atoms with Crippen LogP contribution < -0.4 is 5.32 Å². The molecule has 5 heteroatoms. The molecule has 1 aliphatic rings. The molecule has 98 valence electrons. The lowest BCUT2D eigenvalue weighted by Crippen LogP contribution is -2.54. The summed E-state index contributed by atoms with van der Waals surface area (Å²) >= 11 is 1.72. The molecule has 0 saturated carbocycles. The van der Waals surface area contributed by atoms with Crippen molar-refractivity contribution in [1.29, 1.82) is 0 Å². The Morgan fingerprint density at radius 2 is 2.22 bits per heavy atom. The highest BCUT2D eigenvalue weighted by Gasteiger charge is 2.35. The van der Waals surface area contributed by atoms with Crippen molar-refractivity contribution in [2.24, 2.45) is 0 Å². The molecule has 1 aromatic rings. The minimum atomic E-state index is -0.805. The number of benzene rings is 1. The van der Waals surface area contributed by atoms with E-state index in [2.05, 4.69) is 5.32 Å². The zero-order chi connectivity index (χ0) is 13.2. The van der Waals surface area contributed by atoms with Gasteiger partial charge in [0.2, 0.25) is 0 Å². The van der Waals surface area contributed by atoms with Crippen molar-refractivity contribution in [3.05, 3.63) is 35.6 Å². The molecule has 2 rings (SSSR count). The Kier molecular flexibility index (Phi) is 3.92. The fourth-order valence-electron chi connectivity index (χ4n) is 2.16. The number of carboxylic acids is 1. The maximum atomic E-state index is 12.8. The smallest absolute Gasteiger partial charge is 0.320 e. The highest BCUT2D eigenvalue weighted by Crippen LogP contribution is 2.32. The van der Waals surface area contributed by atoms with Gasteiger partial charge in [-0.05, 0) is 43.2 Å². The van der Waals surface area contributed by atoms with E-state index in [4.69, 9.17) is 5.11 Å². The Balaban J connectivity index is 2.06. The van der Waals surface area contributed by atoms with Gasteiger partial charge in [-0.25, -0.2) is 4.39 Å². The van der Waals surface area contributed by atoms with Crippen molar-refractivity contribution in [1.82, 2.24) is 5.32 Å². The van der Waals surface area contributed by atoms with Gasteiger partial charge in [-0.1, -0.05) is 12.1 Å². The number of hydrogen-bond acceptors (Lipinski definition) is 3. The van der Waals surface area contributed by atoms with Gasteiger partial charge >= 0.3 is 5.97 Å². The number of hydrogen-bond donors (Lipinski definition) is 2. The van der Waals surface area contributed by atoms with Crippen LogP contribution in [0.3, 0.4) is 0 Å². The highest BCUT2D eigenvalue weighted by atomic mass is 32.2. The van der Waals surface area contributed by atoms with Gasteiger partial charge in [0.05, 0.1) is 4.87 Å². The third-order valence-corrected chi connectivity index (χ3v) is 4.40. The monoisotopic (exact) mass is 269 g/mol. The first-order valence-corrected chi connectivity index (χ1v) is 6.86. The molecule has 2 N–H and O–H groups in total. The number of carboxylic acid groups (broad SMARTS) is 1. The van der Waals surface area contributed by atoms with Gasteiger partial charge in [0.15, 0.2) is 0 Å². The quantitative estimate of drug-likeness (QED) is 0.883. The number of thioether (sulfide) groups is 1. The molecule has 1 heterocycles. The average Bonchev–Trinajstić information content (AvgIpc) is 2.32. The van der Waals surface area contributed by atoms with E-state index in [1.165, 1.54) is 12.1 Å². The summed E-state index contributed by atoms with van der Waals surface area (Å²) in [6.45, 7) is 2.00. The van der Waals surface area contributed by atoms with Crippen molar-refractivity contribution in [3.63, 3.8) is 0 Å². The summed E-state index contributed by atoms with van der Waals surface area (Å²) in [4.78, 5) is 10.7. The van der Waals surface area contributed by atoms with E-state index in [0.29, 0.717) is 12.8 Å². The van der Waals surface area contributed by atoms with Crippen LogP contribution in [-0.2, 0) is 11.2 Å². The van der Waals surface area contributed by atoms with Crippen LogP contribution >= 0.6 is 11.8 Å². The van der Waals surface area contributed by atoms with Crippen LogP contribution in [0.4, 0.5) is 4.39 Å². The second kappa shape index (κ2) is 5.28. The number of aliphatic carboxylic acids is 1. The van der Waals surface area contributed by atoms with Gasteiger partial charge in [-0.2, -0.15) is 0 Å². The highest BCUT2D eigenvalue weighted by molar-refractivity contribution is 8.00. The van der Waals surface area contributed by atoms with E-state index >= 15 is 0 Å². The third-order valence-electron chi connectivity index (χ3n) is 3.06. The normalized spacial score (nSPS) is 28.0. The van der Waals surface area contributed by atoms with Crippen LogP contribution in [0.15, 0.2) is 24.3 Å². The molecule has 18 heavy (non-hydrogen) atoms. The van der Waals surface area contributed by atoms with Crippen molar-refractivity contribution in [2.45, 2.75) is 30.7 Å². The zero-order valence-corrected chi connectivity index (χ0v) is 11.0. The molecule has 1 aliphatic heterocycles. The predicted octanol–water partition coefficient (Wildman–Crippen LogP) is 2.26. The van der Waals surface area contributed by atoms with Crippen molar-refractivity contribution >= 4 is 17.7 Å². The molecule has 3 nitrogen and oxygen atoms in total. The molecule has 0 spiro atoms. The van der Waals surface area contributed by atoms with E-state index < -0.39 is 12.0 Å². The molecule has 0 aromatic heterocycles. The lowest BCUT2D eigenvalue weighted by molar-refractivity contribution is -0.140. The Morgan fingerprint density at radius 3 is 2.83 bits per heavy atom. The summed E-state index contributed by atoms with van der Waals surface area (Å²) in [7, 11) is 0. The summed E-state index contributed by atoms with van der Waals surface area (Å²) in [5, 5.41) is 12.2. The Hall–Kier alpha value is -1.07. The number of rotatable bonds is 3. The SMILES string of the molecule is CC1(Cc2ccc(F)cc2)NC(C(=O)O)CCS1. The van der Waals surface area contributed by atoms with Crippen LogP contribution in [0.25, 0.3) is 0 Å². The number of carbonyl (C=O) groups is 1. The largest absolute Gasteiger partial charge is 0.480 e. The molecule has 1 saturated heterocycles. The molecule has 0 amide bonds. The Bertz CT molecular complexity index is 437. The van der Waals surface area contributed by atoms with Crippen LogP contribution in [0.1, 0.15) is 18.9 Å². The first-order valence-electron chi connectivity index (χ1n) is 5.87. The lowest BCUT2D eigenvalue weighted by atomic mass is 10.0. The van der Waals surface area contributed by atoms with Gasteiger partial charge in [0, 0.05) is 0 Å². The summed E-state index contributed by atoms with van der Waals surface area (Å²) < 4.78 is 12.8. The minimum Gasteiger partial charge on any atom is -0.480 e. The summed E-state index contributed by atoms with van der Waals surface area (Å²) in [6, 6.07) is 5.86. The van der Waals surface area contributed by atoms with Crippen LogP contribution in [0.2, 0.25) is 0 Å². The van der Waals surface area contributed by atoms with Crippen LogP contribution in [0.5, 0.6) is 0 Å². The van der Waals surface area contributed by atoms with Crippen molar-refractivity contribution in [2.75, 3.05) is 5.75 Å². The second-order valence-electron chi connectivity index (χ2n) is 4.71. The maximum Gasteiger partial charge on any atom is 0.320 e. The molecule has 0 radical (unpaired) electrons. The van der Waals surface area contributed by atoms with Gasteiger partial charge in [-0.15, -0.1) is 11.8 Å². The van der Waals surface area contributed by atoms with Gasteiger partial charge in [-0.3, -0.25) is 10.1 Å². The molecular formula is C13H16FNO2S. The molecule has 1 fully saturated rings. The zero-order valence-electron chi connectivity index (χ0n) is 10.1. The molecule has 2 unspecified atom stereocenters. The van der Waals surface area contributed by atoms with E-state index in [0.717, 1.165) is 11.3 Å². The topological polar surface area (TPSA) is 49.3 Å². The molecule has 1 aromatic carbocycles. The fourth-order valence-corrected chi connectivity index (χ4v) is 3.46. The van der Waals surface area contributed by atoms with Crippen LogP contribution in [-0.4, -0.2) is 27.7 Å². The van der Waals surface area contributed by atoms with Gasteiger partial charge < -0.3 is 5.11 Å². The van der Waals surface area contributed by atoms with Crippen LogP contribution in [0, 0.1) is 5.82 Å². The molecule has 0 aliphatic carbocycles. The number of nitrogens with one attached hydrogen (secondary N) is 1.